The number of hydrogen-bond acceptors (Lipinski definition) is 5. The molecular formula is C28H33F4N3O2. The van der Waals surface area contributed by atoms with Crippen molar-refractivity contribution in [2.24, 2.45) is 5.41 Å². The number of hydrogen-bond donors (Lipinski definition) is 2. The number of rotatable bonds is 10. The first-order valence-corrected chi connectivity index (χ1v) is 12.5. The number of fused-ring (bicyclic) bond motifs is 1. The van der Waals surface area contributed by atoms with E-state index in [1.807, 2.05) is 19.1 Å². The van der Waals surface area contributed by atoms with Crippen LogP contribution < -0.4 is 10.1 Å². The van der Waals surface area contributed by atoms with Crippen LogP contribution in [0.5, 0.6) is 5.75 Å². The summed E-state index contributed by atoms with van der Waals surface area (Å²) in [4.78, 5) is 6.55. The van der Waals surface area contributed by atoms with Gasteiger partial charge in [0.1, 0.15) is 23.4 Å². The molecule has 2 heterocycles. The van der Waals surface area contributed by atoms with Gasteiger partial charge >= 0.3 is 0 Å². The highest BCUT2D eigenvalue weighted by Gasteiger charge is 2.35. The predicted molar refractivity (Wildman–Crippen MR) is 136 cm³/mol. The quantitative estimate of drug-likeness (QED) is 0.325. The number of nitrogens with one attached hydrogen (secondary N) is 1. The topological polar surface area (TPSA) is 57.6 Å². The maximum atomic E-state index is 15.7. The third-order valence-electron chi connectivity index (χ3n) is 7.55. The SMILES string of the molecule is COc1ccc2ncc(C)c([C@H](F)CCC3(CO)CCN(CCNc4c(F)cc(F)cc4F)CC3)c2c1. The molecule has 1 fully saturated rings. The third kappa shape index (κ3) is 6.15. The van der Waals surface area contributed by atoms with Gasteiger partial charge in [0.15, 0.2) is 11.6 Å². The van der Waals surface area contributed by atoms with Gasteiger partial charge in [0.2, 0.25) is 0 Å². The Labute approximate surface area is 214 Å². The van der Waals surface area contributed by atoms with Gasteiger partial charge < -0.3 is 20.1 Å². The molecule has 1 aliphatic rings. The molecule has 1 aliphatic heterocycles. The van der Waals surface area contributed by atoms with Gasteiger partial charge in [-0.15, -0.1) is 0 Å². The van der Waals surface area contributed by atoms with Crippen molar-refractivity contribution in [3.05, 3.63) is 65.1 Å². The summed E-state index contributed by atoms with van der Waals surface area (Å²) in [5, 5.41) is 13.7. The highest BCUT2D eigenvalue weighted by Crippen LogP contribution is 2.41. The number of likely N-dealkylation sites (tertiary alicyclic amines) is 1. The Bertz CT molecular complexity index is 1210. The second-order valence-electron chi connectivity index (χ2n) is 9.92. The molecule has 37 heavy (non-hydrogen) atoms. The number of alkyl halides is 1. The second-order valence-corrected chi connectivity index (χ2v) is 9.92. The van der Waals surface area contributed by atoms with Crippen LogP contribution in [0.2, 0.25) is 0 Å². The standard InChI is InChI=1S/C28H33F4N3O2/c1-18-16-34-25-4-3-20(37-2)15-21(25)26(18)22(30)5-6-28(17-36)7-10-35(11-8-28)12-9-33-27-23(31)13-19(29)14-24(27)32/h3-4,13-16,22,33,36H,5-12,17H2,1-2H3/t22-/m1/s1. The third-order valence-corrected chi connectivity index (χ3v) is 7.55. The molecule has 0 bridgehead atoms. The maximum Gasteiger partial charge on any atom is 0.152 e. The van der Waals surface area contributed by atoms with Crippen LogP contribution >= 0.6 is 0 Å². The molecule has 4 rings (SSSR count). The number of ether oxygens (including phenoxy) is 1. The van der Waals surface area contributed by atoms with Crippen LogP contribution in [0.3, 0.4) is 0 Å². The van der Waals surface area contributed by atoms with Crippen LogP contribution in [-0.4, -0.2) is 54.9 Å². The Hall–Kier alpha value is -2.91. The minimum absolute atomic E-state index is 0.0261. The molecule has 0 radical (unpaired) electrons. The summed E-state index contributed by atoms with van der Waals surface area (Å²) >= 11 is 0. The van der Waals surface area contributed by atoms with Gasteiger partial charge in [-0.2, -0.15) is 0 Å². The number of anilines is 1. The Kier molecular flexibility index (Phi) is 8.54. The minimum atomic E-state index is -1.20. The number of aliphatic hydroxyl groups excluding tert-OH is 1. The summed E-state index contributed by atoms with van der Waals surface area (Å²) < 4.78 is 61.7. The van der Waals surface area contributed by atoms with Crippen molar-refractivity contribution >= 4 is 16.6 Å². The molecule has 0 amide bonds. The van der Waals surface area contributed by atoms with Crippen molar-refractivity contribution in [3.63, 3.8) is 0 Å². The van der Waals surface area contributed by atoms with E-state index < -0.39 is 23.6 Å². The number of benzene rings is 2. The van der Waals surface area contributed by atoms with E-state index in [4.69, 9.17) is 4.74 Å². The smallest absolute Gasteiger partial charge is 0.152 e. The lowest BCUT2D eigenvalue weighted by atomic mass is 9.74. The largest absolute Gasteiger partial charge is 0.497 e. The van der Waals surface area contributed by atoms with E-state index in [1.165, 1.54) is 0 Å². The number of aliphatic hydroxyl groups is 1. The molecule has 9 heteroatoms. The number of pyridine rings is 1. The van der Waals surface area contributed by atoms with Crippen LogP contribution in [0.15, 0.2) is 36.5 Å². The molecule has 2 aromatic carbocycles. The summed E-state index contributed by atoms with van der Waals surface area (Å²) in [7, 11) is 1.57. The monoisotopic (exact) mass is 519 g/mol. The van der Waals surface area contributed by atoms with Crippen LogP contribution in [-0.2, 0) is 0 Å². The van der Waals surface area contributed by atoms with E-state index in [1.54, 1.807) is 19.4 Å². The van der Waals surface area contributed by atoms with E-state index in [0.717, 1.165) is 10.9 Å². The number of aromatic nitrogens is 1. The predicted octanol–water partition coefficient (Wildman–Crippen LogP) is 5.95. The Balaban J connectivity index is 1.33. The van der Waals surface area contributed by atoms with E-state index >= 15 is 4.39 Å². The molecule has 1 aromatic heterocycles. The molecule has 3 aromatic rings. The number of halogens is 4. The summed E-state index contributed by atoms with van der Waals surface area (Å²) in [5.74, 6) is -2.25. The van der Waals surface area contributed by atoms with Crippen molar-refractivity contribution in [1.82, 2.24) is 9.88 Å². The first-order chi connectivity index (χ1) is 17.7. The molecule has 0 spiro atoms. The van der Waals surface area contributed by atoms with Gasteiger partial charge in [0, 0.05) is 43.4 Å². The first kappa shape index (κ1) is 27.1. The highest BCUT2D eigenvalue weighted by atomic mass is 19.1. The number of aryl methyl sites for hydroxylation is 1. The van der Waals surface area contributed by atoms with E-state index in [2.05, 4.69) is 15.2 Å². The first-order valence-electron chi connectivity index (χ1n) is 12.5. The molecule has 0 aliphatic carbocycles. The second kappa shape index (κ2) is 11.6. The van der Waals surface area contributed by atoms with Crippen molar-refractivity contribution in [2.75, 3.05) is 45.2 Å². The van der Waals surface area contributed by atoms with Crippen LogP contribution in [0, 0.1) is 29.8 Å². The van der Waals surface area contributed by atoms with Gasteiger partial charge in [0.05, 0.1) is 12.6 Å². The van der Waals surface area contributed by atoms with E-state index in [-0.39, 0.29) is 30.7 Å². The zero-order chi connectivity index (χ0) is 26.6. The zero-order valence-electron chi connectivity index (χ0n) is 21.2. The minimum Gasteiger partial charge on any atom is -0.497 e. The lowest BCUT2D eigenvalue weighted by Gasteiger charge is -2.41. The molecular weight excluding hydrogens is 486 g/mol. The average molecular weight is 520 g/mol. The van der Waals surface area contributed by atoms with E-state index in [0.29, 0.717) is 67.9 Å². The van der Waals surface area contributed by atoms with Crippen molar-refractivity contribution in [3.8, 4) is 5.75 Å². The summed E-state index contributed by atoms with van der Waals surface area (Å²) in [6.45, 7) is 4.01. The summed E-state index contributed by atoms with van der Waals surface area (Å²) in [5.41, 5.74) is 1.39. The van der Waals surface area contributed by atoms with Crippen LogP contribution in [0.25, 0.3) is 10.9 Å². The van der Waals surface area contributed by atoms with Gasteiger partial charge in [-0.3, -0.25) is 4.98 Å². The van der Waals surface area contributed by atoms with Crippen LogP contribution in [0.4, 0.5) is 23.2 Å². The van der Waals surface area contributed by atoms with Gasteiger partial charge in [-0.1, -0.05) is 0 Å². The number of nitrogens with zero attached hydrogens (tertiary/aromatic N) is 2. The fourth-order valence-corrected chi connectivity index (χ4v) is 5.20. The molecule has 5 nitrogen and oxygen atoms in total. The Morgan fingerprint density at radius 1 is 1.14 bits per heavy atom. The average Bonchev–Trinajstić information content (AvgIpc) is 2.89. The van der Waals surface area contributed by atoms with Crippen molar-refractivity contribution < 1.29 is 27.4 Å². The molecule has 2 N–H and O–H groups in total. The van der Waals surface area contributed by atoms with Gasteiger partial charge in [0.25, 0.3) is 0 Å². The van der Waals surface area contributed by atoms with Crippen molar-refractivity contribution in [1.29, 1.82) is 0 Å². The summed E-state index contributed by atoms with van der Waals surface area (Å²) in [6, 6.07) is 6.73. The normalized spacial score (nSPS) is 16.6. The number of piperidine rings is 1. The lowest BCUT2D eigenvalue weighted by molar-refractivity contribution is 0.0315. The van der Waals surface area contributed by atoms with Gasteiger partial charge in [-0.05, 0) is 80.4 Å². The lowest BCUT2D eigenvalue weighted by Crippen LogP contribution is -2.43. The molecule has 200 valence electrons. The molecule has 0 saturated carbocycles. The van der Waals surface area contributed by atoms with Gasteiger partial charge in [-0.25, -0.2) is 17.6 Å². The van der Waals surface area contributed by atoms with Crippen LogP contribution in [0.1, 0.15) is 43.0 Å². The maximum absolute atomic E-state index is 15.7. The molecule has 1 atom stereocenters. The fraction of sp³-hybridized carbons (Fsp3) is 0.464. The molecule has 0 unspecified atom stereocenters. The van der Waals surface area contributed by atoms with Crippen molar-refractivity contribution in [2.45, 2.75) is 38.8 Å². The summed E-state index contributed by atoms with van der Waals surface area (Å²) in [6.07, 6.45) is 2.69. The zero-order valence-corrected chi connectivity index (χ0v) is 21.2. The fourth-order valence-electron chi connectivity index (χ4n) is 5.20. The Morgan fingerprint density at radius 2 is 1.84 bits per heavy atom. The molecule has 1 saturated heterocycles. The number of methoxy groups -OCH3 is 1. The van der Waals surface area contributed by atoms with E-state index in [9.17, 15) is 18.3 Å². The Morgan fingerprint density at radius 3 is 2.49 bits per heavy atom. The highest BCUT2D eigenvalue weighted by molar-refractivity contribution is 5.84.